The van der Waals surface area contributed by atoms with E-state index in [4.69, 9.17) is 4.74 Å². The van der Waals surface area contributed by atoms with Crippen molar-refractivity contribution in [1.29, 1.82) is 0 Å². The Kier molecular flexibility index (Phi) is 5.76. The molecule has 0 aliphatic carbocycles. The van der Waals surface area contributed by atoms with E-state index in [9.17, 15) is 0 Å². The zero-order valence-electron chi connectivity index (χ0n) is 14.9. The number of nitrogens with zero attached hydrogens (tertiary/aromatic N) is 2. The molecule has 0 fully saturated rings. The Balaban J connectivity index is 1.52. The van der Waals surface area contributed by atoms with Crippen LogP contribution in [0.25, 0.3) is 0 Å². The average molecular weight is 324 g/mol. The second-order valence-electron chi connectivity index (χ2n) is 6.31. The van der Waals surface area contributed by atoms with E-state index in [1.54, 1.807) is 0 Å². The molecule has 3 nitrogen and oxygen atoms in total. The first kappa shape index (κ1) is 16.8. The van der Waals surface area contributed by atoms with Gasteiger partial charge in [-0.25, -0.2) is 0 Å². The van der Waals surface area contributed by atoms with E-state index in [2.05, 4.69) is 41.8 Å². The summed E-state index contributed by atoms with van der Waals surface area (Å²) in [5.41, 5.74) is 4.43. The van der Waals surface area contributed by atoms with Crippen LogP contribution in [-0.4, -0.2) is 31.1 Å². The highest BCUT2D eigenvalue weighted by molar-refractivity contribution is 5.58. The Labute approximate surface area is 145 Å². The van der Waals surface area contributed by atoms with Crippen molar-refractivity contribution in [2.75, 3.05) is 31.1 Å². The van der Waals surface area contributed by atoms with E-state index < -0.39 is 0 Å². The summed E-state index contributed by atoms with van der Waals surface area (Å²) in [6.07, 6.45) is 1.06. The van der Waals surface area contributed by atoms with Crippen molar-refractivity contribution in [2.24, 2.45) is 0 Å². The summed E-state index contributed by atoms with van der Waals surface area (Å²) < 4.78 is 5.80. The molecule has 0 N–H and O–H groups in total. The van der Waals surface area contributed by atoms with Crippen LogP contribution in [0.2, 0.25) is 0 Å². The highest BCUT2D eigenvalue weighted by atomic mass is 16.5. The van der Waals surface area contributed by atoms with Gasteiger partial charge in [0.25, 0.3) is 0 Å². The van der Waals surface area contributed by atoms with Crippen LogP contribution >= 0.6 is 0 Å². The Bertz CT molecular complexity index is 638. The third kappa shape index (κ3) is 3.90. The number of para-hydroxylation sites is 1. The highest BCUT2D eigenvalue weighted by Gasteiger charge is 2.22. The lowest BCUT2D eigenvalue weighted by Gasteiger charge is -2.24. The van der Waals surface area contributed by atoms with Gasteiger partial charge in [-0.15, -0.1) is 0 Å². The number of hydrogen-bond acceptors (Lipinski definition) is 3. The van der Waals surface area contributed by atoms with Crippen LogP contribution in [0, 0.1) is 0 Å². The normalized spacial score (nSPS) is 13.8. The van der Waals surface area contributed by atoms with Crippen molar-refractivity contribution in [3.63, 3.8) is 0 Å². The summed E-state index contributed by atoms with van der Waals surface area (Å²) in [4.78, 5) is 4.99. The summed E-state index contributed by atoms with van der Waals surface area (Å²) in [7, 11) is 0. The minimum absolute atomic E-state index is 0.778. The average Bonchev–Trinajstić information content (AvgIpc) is 3.04. The van der Waals surface area contributed by atoms with E-state index in [0.717, 1.165) is 51.5 Å². The molecule has 24 heavy (non-hydrogen) atoms. The summed E-state index contributed by atoms with van der Waals surface area (Å²) in [5.74, 6) is 0.964. The molecule has 2 aromatic rings. The molecule has 3 heteroatoms. The van der Waals surface area contributed by atoms with Crippen molar-refractivity contribution in [2.45, 2.75) is 33.4 Å². The maximum Gasteiger partial charge on any atom is 0.119 e. The first-order valence-electron chi connectivity index (χ1n) is 9.07. The van der Waals surface area contributed by atoms with E-state index in [1.807, 2.05) is 30.3 Å². The monoisotopic (exact) mass is 324 g/mol. The second kappa shape index (κ2) is 8.20. The highest BCUT2D eigenvalue weighted by Crippen LogP contribution is 2.31. The molecule has 2 aromatic carbocycles. The van der Waals surface area contributed by atoms with Crippen LogP contribution < -0.4 is 9.64 Å². The molecule has 1 aliphatic rings. The number of benzene rings is 2. The predicted octanol–water partition coefficient (Wildman–Crippen LogP) is 4.32. The van der Waals surface area contributed by atoms with E-state index >= 15 is 0 Å². The summed E-state index contributed by atoms with van der Waals surface area (Å²) >= 11 is 0. The van der Waals surface area contributed by atoms with Gasteiger partial charge in [-0.1, -0.05) is 30.3 Å². The lowest BCUT2D eigenvalue weighted by Crippen LogP contribution is -2.24. The third-order valence-corrected chi connectivity index (χ3v) is 4.76. The molecule has 0 radical (unpaired) electrons. The molecule has 0 unspecified atom stereocenters. The van der Waals surface area contributed by atoms with Crippen molar-refractivity contribution >= 4 is 5.69 Å². The molecule has 0 saturated carbocycles. The first-order valence-corrected chi connectivity index (χ1v) is 9.07. The van der Waals surface area contributed by atoms with Gasteiger partial charge >= 0.3 is 0 Å². The van der Waals surface area contributed by atoms with Crippen LogP contribution in [0.15, 0.2) is 48.5 Å². The number of anilines is 1. The number of hydrogen-bond donors (Lipinski definition) is 0. The lowest BCUT2D eigenvalue weighted by atomic mass is 10.1. The molecular formula is C21H28N2O. The van der Waals surface area contributed by atoms with Crippen LogP contribution in [-0.2, 0) is 13.1 Å². The van der Waals surface area contributed by atoms with Gasteiger partial charge in [0.15, 0.2) is 0 Å². The molecule has 0 atom stereocenters. The van der Waals surface area contributed by atoms with Gasteiger partial charge in [0.05, 0.1) is 6.61 Å². The largest absolute Gasteiger partial charge is 0.494 e. The maximum absolute atomic E-state index is 5.80. The summed E-state index contributed by atoms with van der Waals surface area (Å²) in [6.45, 7) is 10.6. The number of ether oxygens (including phenoxy) is 1. The van der Waals surface area contributed by atoms with E-state index in [-0.39, 0.29) is 0 Å². The first-order chi connectivity index (χ1) is 11.8. The Morgan fingerprint density at radius 3 is 2.50 bits per heavy atom. The number of fused-ring (bicyclic) bond motifs is 1. The van der Waals surface area contributed by atoms with Gasteiger partial charge in [-0.3, -0.25) is 4.90 Å². The van der Waals surface area contributed by atoms with Gasteiger partial charge in [0, 0.05) is 38.4 Å². The van der Waals surface area contributed by atoms with Crippen molar-refractivity contribution in [3.05, 3.63) is 59.7 Å². The minimum atomic E-state index is 0.778. The fourth-order valence-electron chi connectivity index (χ4n) is 3.49. The topological polar surface area (TPSA) is 15.7 Å². The molecule has 3 rings (SSSR count). The van der Waals surface area contributed by atoms with Crippen molar-refractivity contribution in [3.8, 4) is 5.75 Å². The van der Waals surface area contributed by atoms with Crippen LogP contribution in [0.4, 0.5) is 5.69 Å². The molecule has 1 heterocycles. The summed E-state index contributed by atoms with van der Waals surface area (Å²) in [5, 5.41) is 0. The van der Waals surface area contributed by atoms with Crippen LogP contribution in [0.1, 0.15) is 31.4 Å². The molecule has 0 amide bonds. The van der Waals surface area contributed by atoms with Crippen molar-refractivity contribution < 1.29 is 4.74 Å². The predicted molar refractivity (Wildman–Crippen MR) is 101 cm³/mol. The zero-order valence-corrected chi connectivity index (χ0v) is 14.9. The van der Waals surface area contributed by atoms with Gasteiger partial charge in [0.1, 0.15) is 5.75 Å². The molecule has 128 valence electrons. The van der Waals surface area contributed by atoms with Gasteiger partial charge in [-0.05, 0) is 49.6 Å². The summed E-state index contributed by atoms with van der Waals surface area (Å²) in [6, 6.07) is 16.8. The fraction of sp³-hybridized carbons (Fsp3) is 0.429. The quantitative estimate of drug-likeness (QED) is 0.673. The Morgan fingerprint density at radius 1 is 0.958 bits per heavy atom. The zero-order chi connectivity index (χ0) is 16.8. The van der Waals surface area contributed by atoms with Gasteiger partial charge in [0.2, 0.25) is 0 Å². The van der Waals surface area contributed by atoms with E-state index in [1.165, 1.54) is 16.8 Å². The molecule has 0 spiro atoms. The Morgan fingerprint density at radius 2 is 1.75 bits per heavy atom. The van der Waals surface area contributed by atoms with Gasteiger partial charge < -0.3 is 9.64 Å². The van der Waals surface area contributed by atoms with E-state index in [0.29, 0.717) is 0 Å². The smallest absolute Gasteiger partial charge is 0.119 e. The van der Waals surface area contributed by atoms with Crippen molar-refractivity contribution in [1.82, 2.24) is 4.90 Å². The van der Waals surface area contributed by atoms with Crippen LogP contribution in [0.5, 0.6) is 5.75 Å². The number of rotatable bonds is 8. The molecule has 0 bridgehead atoms. The molecule has 1 aliphatic heterocycles. The standard InChI is InChI=1S/C21H28N2O/c1-3-23(4-2)21-13-8-10-18-16-22(17-20(18)21)14-9-15-24-19-11-6-5-7-12-19/h5-8,10-13H,3-4,9,14-17H2,1-2H3. The third-order valence-electron chi connectivity index (χ3n) is 4.76. The molecule has 0 saturated heterocycles. The van der Waals surface area contributed by atoms with Gasteiger partial charge in [-0.2, -0.15) is 0 Å². The molecular weight excluding hydrogens is 296 g/mol. The van der Waals surface area contributed by atoms with Crippen LogP contribution in [0.3, 0.4) is 0 Å². The SMILES string of the molecule is CCN(CC)c1cccc2c1CN(CCCOc1ccccc1)C2. The lowest BCUT2D eigenvalue weighted by molar-refractivity contribution is 0.238. The second-order valence-corrected chi connectivity index (χ2v) is 6.31. The fourth-order valence-corrected chi connectivity index (χ4v) is 3.49. The maximum atomic E-state index is 5.80. The Hall–Kier alpha value is -2.00. The minimum Gasteiger partial charge on any atom is -0.494 e. The molecule has 0 aromatic heterocycles.